The van der Waals surface area contributed by atoms with Crippen LogP contribution < -0.4 is 15.4 Å². The van der Waals surface area contributed by atoms with Crippen LogP contribution in [0.2, 0.25) is 0 Å². The predicted octanol–water partition coefficient (Wildman–Crippen LogP) is 5.42. The number of nitrogens with zero attached hydrogens (tertiary/aromatic N) is 3. The van der Waals surface area contributed by atoms with Crippen LogP contribution in [0, 0.1) is 17.8 Å². The second-order valence-electron chi connectivity index (χ2n) is 10.2. The SMILES string of the molecule is N[C@H]1C[C@@H]2CN(c3nnc(-c4ccccc4OC(F)(F)F)cc3C(F)(F)F)[C@@H](CC3CCOCC3)[C@H]2C1. The fourth-order valence-corrected chi connectivity index (χ4v) is 6.20. The van der Waals surface area contributed by atoms with Crippen molar-refractivity contribution in [3.63, 3.8) is 0 Å². The molecule has 1 aromatic carbocycles. The van der Waals surface area contributed by atoms with Crippen molar-refractivity contribution >= 4 is 5.82 Å². The fraction of sp³-hybridized carbons (Fsp3) is 0.600. The molecule has 0 spiro atoms. The number of nitrogens with two attached hydrogens (primary N) is 1. The maximum Gasteiger partial charge on any atom is 0.573 e. The van der Waals surface area contributed by atoms with Crippen LogP contribution in [-0.4, -0.2) is 48.4 Å². The largest absolute Gasteiger partial charge is 0.573 e. The number of alkyl halides is 6. The molecule has 2 aliphatic heterocycles. The van der Waals surface area contributed by atoms with Crippen molar-refractivity contribution in [2.75, 3.05) is 24.7 Å². The van der Waals surface area contributed by atoms with E-state index in [9.17, 15) is 26.3 Å². The van der Waals surface area contributed by atoms with Gasteiger partial charge in [0.2, 0.25) is 0 Å². The van der Waals surface area contributed by atoms with Crippen LogP contribution in [0.1, 0.15) is 37.7 Å². The molecular formula is C25H28F6N4O2. The Morgan fingerprint density at radius 1 is 1.03 bits per heavy atom. The summed E-state index contributed by atoms with van der Waals surface area (Å²) in [6.45, 7) is 1.65. The standard InChI is InChI=1S/C25H28F6N4O2/c26-24(27,28)19-12-20(17-3-1-2-4-22(17)37-25(29,30)31)33-34-23(19)35-13-15-10-16(32)11-18(15)21(35)9-14-5-7-36-8-6-14/h1-4,12,14-16,18,21H,5-11,13,32H2/t15-,16+,18+,21+/m1/s1. The van der Waals surface area contributed by atoms with E-state index < -0.39 is 23.9 Å². The highest BCUT2D eigenvalue weighted by Gasteiger charge is 2.50. The highest BCUT2D eigenvalue weighted by Crippen LogP contribution is 2.48. The van der Waals surface area contributed by atoms with E-state index in [1.165, 1.54) is 18.2 Å². The third-order valence-corrected chi connectivity index (χ3v) is 7.77. The number of fused-ring (bicyclic) bond motifs is 1. The topological polar surface area (TPSA) is 73.5 Å². The smallest absolute Gasteiger partial charge is 0.405 e. The van der Waals surface area contributed by atoms with Gasteiger partial charge in [0.25, 0.3) is 0 Å². The van der Waals surface area contributed by atoms with Crippen LogP contribution in [0.3, 0.4) is 0 Å². The molecule has 1 aliphatic carbocycles. The molecule has 202 valence electrons. The fourth-order valence-electron chi connectivity index (χ4n) is 6.20. The van der Waals surface area contributed by atoms with Crippen LogP contribution >= 0.6 is 0 Å². The Bertz CT molecular complexity index is 1110. The van der Waals surface area contributed by atoms with Gasteiger partial charge in [0.1, 0.15) is 11.3 Å². The van der Waals surface area contributed by atoms with E-state index >= 15 is 0 Å². The van der Waals surface area contributed by atoms with E-state index in [2.05, 4.69) is 14.9 Å². The first kappa shape index (κ1) is 26.0. The quantitative estimate of drug-likeness (QED) is 0.521. The average Bonchev–Trinajstić information content (AvgIpc) is 3.35. The first-order chi connectivity index (χ1) is 17.5. The number of hydrogen-bond acceptors (Lipinski definition) is 6. The van der Waals surface area contributed by atoms with Crippen molar-refractivity contribution in [3.05, 3.63) is 35.9 Å². The maximum absolute atomic E-state index is 14.4. The van der Waals surface area contributed by atoms with Crippen molar-refractivity contribution in [1.82, 2.24) is 10.2 Å². The minimum atomic E-state index is -5.01. The molecule has 0 unspecified atom stereocenters. The summed E-state index contributed by atoms with van der Waals surface area (Å²) in [6, 6.07) is 5.56. The molecule has 2 saturated heterocycles. The average molecular weight is 531 g/mol. The lowest BCUT2D eigenvalue weighted by molar-refractivity contribution is -0.274. The van der Waals surface area contributed by atoms with Gasteiger partial charge in [0, 0.05) is 37.4 Å². The van der Waals surface area contributed by atoms with E-state index in [0.29, 0.717) is 32.1 Å². The molecule has 2 aromatic rings. The zero-order valence-corrected chi connectivity index (χ0v) is 19.9. The molecule has 0 bridgehead atoms. The number of aromatic nitrogens is 2. The highest BCUT2D eigenvalue weighted by atomic mass is 19.4. The molecule has 4 atom stereocenters. The number of anilines is 1. The number of benzene rings is 1. The lowest BCUT2D eigenvalue weighted by Crippen LogP contribution is -2.39. The van der Waals surface area contributed by atoms with Crippen molar-refractivity contribution in [1.29, 1.82) is 0 Å². The van der Waals surface area contributed by atoms with Gasteiger partial charge in [-0.25, -0.2) is 0 Å². The monoisotopic (exact) mass is 530 g/mol. The first-order valence-electron chi connectivity index (χ1n) is 12.4. The number of ether oxygens (including phenoxy) is 2. The van der Waals surface area contributed by atoms with Crippen LogP contribution in [0.4, 0.5) is 32.2 Å². The van der Waals surface area contributed by atoms with Gasteiger partial charge < -0.3 is 20.1 Å². The van der Waals surface area contributed by atoms with Gasteiger partial charge in [-0.1, -0.05) is 12.1 Å². The van der Waals surface area contributed by atoms with Gasteiger partial charge in [-0.05, 0) is 68.1 Å². The molecule has 1 saturated carbocycles. The Balaban J connectivity index is 1.52. The van der Waals surface area contributed by atoms with Crippen LogP contribution in [0.25, 0.3) is 11.3 Å². The summed E-state index contributed by atoms with van der Waals surface area (Å²) >= 11 is 0. The molecule has 12 heteroatoms. The van der Waals surface area contributed by atoms with Crippen molar-refractivity contribution in [2.45, 2.75) is 56.7 Å². The van der Waals surface area contributed by atoms with E-state index in [1.54, 1.807) is 4.90 Å². The van der Waals surface area contributed by atoms with Crippen molar-refractivity contribution in [3.8, 4) is 17.0 Å². The summed E-state index contributed by atoms with van der Waals surface area (Å²) in [5.74, 6) is -0.299. The molecule has 3 heterocycles. The Hall–Kier alpha value is -2.60. The van der Waals surface area contributed by atoms with Gasteiger partial charge in [0.05, 0.1) is 5.69 Å². The second kappa shape index (κ2) is 9.94. The maximum atomic E-state index is 14.4. The Labute approximate surface area is 210 Å². The minimum absolute atomic E-state index is 0.0232. The second-order valence-corrected chi connectivity index (χ2v) is 10.2. The lowest BCUT2D eigenvalue weighted by atomic mass is 9.84. The molecule has 5 rings (SSSR count). The summed E-state index contributed by atoms with van der Waals surface area (Å²) in [6.07, 6.45) is -5.93. The van der Waals surface area contributed by atoms with Crippen LogP contribution in [-0.2, 0) is 10.9 Å². The zero-order chi connectivity index (χ0) is 26.4. The zero-order valence-electron chi connectivity index (χ0n) is 19.9. The van der Waals surface area contributed by atoms with Gasteiger partial charge in [-0.15, -0.1) is 23.4 Å². The summed E-state index contributed by atoms with van der Waals surface area (Å²) in [5.41, 5.74) is 4.60. The molecule has 0 radical (unpaired) electrons. The molecule has 37 heavy (non-hydrogen) atoms. The predicted molar refractivity (Wildman–Crippen MR) is 123 cm³/mol. The van der Waals surface area contributed by atoms with Crippen LogP contribution in [0.15, 0.2) is 30.3 Å². The summed E-state index contributed by atoms with van der Waals surface area (Å²) in [5, 5.41) is 7.96. The van der Waals surface area contributed by atoms with Gasteiger partial charge >= 0.3 is 12.5 Å². The molecule has 2 N–H and O–H groups in total. The van der Waals surface area contributed by atoms with Gasteiger partial charge in [-0.3, -0.25) is 0 Å². The Kier molecular flexibility index (Phi) is 6.99. The molecule has 0 amide bonds. The van der Waals surface area contributed by atoms with E-state index in [1.807, 2.05) is 0 Å². The normalized spacial score (nSPS) is 26.9. The first-order valence-corrected chi connectivity index (χ1v) is 12.4. The summed E-state index contributed by atoms with van der Waals surface area (Å²) in [7, 11) is 0. The number of rotatable bonds is 5. The summed E-state index contributed by atoms with van der Waals surface area (Å²) < 4.78 is 91.2. The minimum Gasteiger partial charge on any atom is -0.405 e. The van der Waals surface area contributed by atoms with Crippen molar-refractivity contribution in [2.24, 2.45) is 23.5 Å². The molecule has 6 nitrogen and oxygen atoms in total. The molecular weight excluding hydrogens is 502 g/mol. The van der Waals surface area contributed by atoms with E-state index in [0.717, 1.165) is 37.8 Å². The number of halogens is 6. The summed E-state index contributed by atoms with van der Waals surface area (Å²) in [4.78, 5) is 1.72. The third-order valence-electron chi connectivity index (χ3n) is 7.77. The lowest BCUT2D eigenvalue weighted by Gasteiger charge is -2.34. The third kappa shape index (κ3) is 5.64. The molecule has 1 aromatic heterocycles. The number of para-hydroxylation sites is 1. The highest BCUT2D eigenvalue weighted by molar-refractivity contribution is 5.69. The van der Waals surface area contributed by atoms with E-state index in [4.69, 9.17) is 10.5 Å². The molecule has 3 fully saturated rings. The molecule has 3 aliphatic rings. The van der Waals surface area contributed by atoms with Crippen LogP contribution in [0.5, 0.6) is 5.75 Å². The van der Waals surface area contributed by atoms with Crippen molar-refractivity contribution < 1.29 is 35.8 Å². The van der Waals surface area contributed by atoms with Gasteiger partial charge in [-0.2, -0.15) is 13.2 Å². The Morgan fingerprint density at radius 3 is 2.46 bits per heavy atom. The number of hydrogen-bond donors (Lipinski definition) is 1. The van der Waals surface area contributed by atoms with E-state index in [-0.39, 0.29) is 41.0 Å². The van der Waals surface area contributed by atoms with Gasteiger partial charge in [0.15, 0.2) is 5.82 Å². The Morgan fingerprint density at radius 2 is 1.76 bits per heavy atom.